The zero-order valence-corrected chi connectivity index (χ0v) is 14.3. The molecule has 1 aromatic carbocycles. The van der Waals surface area contributed by atoms with Crippen molar-refractivity contribution in [2.45, 2.75) is 44.9 Å². The average molecular weight is 327 g/mol. The van der Waals surface area contributed by atoms with Crippen LogP contribution in [0.1, 0.15) is 37.1 Å². The summed E-state index contributed by atoms with van der Waals surface area (Å²) in [5.74, 6) is 0.638. The smallest absolute Gasteiger partial charge is 0.223 e. The van der Waals surface area contributed by atoms with Crippen LogP contribution in [0.2, 0.25) is 0 Å². The van der Waals surface area contributed by atoms with Crippen LogP contribution < -0.4 is 5.32 Å². The number of aromatic nitrogens is 2. The minimum atomic E-state index is -0.0570. The zero-order valence-electron chi connectivity index (χ0n) is 14.3. The number of anilines is 1. The summed E-state index contributed by atoms with van der Waals surface area (Å²) in [5.41, 5.74) is 2.11. The summed E-state index contributed by atoms with van der Waals surface area (Å²) in [4.78, 5) is 8.74. The molecule has 128 valence electrons. The fourth-order valence-electron chi connectivity index (χ4n) is 2.94. The molecule has 1 N–H and O–H groups in total. The summed E-state index contributed by atoms with van der Waals surface area (Å²) < 4.78 is 11.9. The Balaban J connectivity index is 1.75. The van der Waals surface area contributed by atoms with Gasteiger partial charge in [0.1, 0.15) is 6.10 Å². The standard InChI is InChI=1S/C19H25N3O2/c1-14-8-11-20-19(21-14)22-15(2)18(16-6-4-3-5-7-16)24-17-9-12-23-13-10-17/h3-8,11,15,17-18H,9-10,12-13H2,1-2H3,(H,20,21,22). The van der Waals surface area contributed by atoms with Gasteiger partial charge >= 0.3 is 0 Å². The van der Waals surface area contributed by atoms with Gasteiger partial charge in [0.05, 0.1) is 12.1 Å². The minimum Gasteiger partial charge on any atom is -0.381 e. The Hall–Kier alpha value is -1.98. The van der Waals surface area contributed by atoms with Gasteiger partial charge < -0.3 is 14.8 Å². The number of aryl methyl sites for hydroxylation is 1. The summed E-state index contributed by atoms with van der Waals surface area (Å²) in [6.45, 7) is 5.62. The predicted octanol–water partition coefficient (Wildman–Crippen LogP) is 3.52. The zero-order chi connectivity index (χ0) is 16.8. The van der Waals surface area contributed by atoms with E-state index in [-0.39, 0.29) is 18.2 Å². The van der Waals surface area contributed by atoms with E-state index in [0.717, 1.165) is 37.3 Å². The SMILES string of the molecule is Cc1ccnc(NC(C)C(OC2CCOCC2)c2ccccc2)n1. The molecule has 3 rings (SSSR count). The Labute approximate surface area is 143 Å². The Bertz CT molecular complexity index is 630. The average Bonchev–Trinajstić information content (AvgIpc) is 2.61. The topological polar surface area (TPSA) is 56.3 Å². The van der Waals surface area contributed by atoms with E-state index in [1.807, 2.05) is 31.2 Å². The number of hydrogen-bond acceptors (Lipinski definition) is 5. The van der Waals surface area contributed by atoms with Crippen LogP contribution in [0.4, 0.5) is 5.95 Å². The first-order valence-electron chi connectivity index (χ1n) is 8.56. The van der Waals surface area contributed by atoms with E-state index in [1.54, 1.807) is 6.20 Å². The molecule has 0 aliphatic carbocycles. The van der Waals surface area contributed by atoms with Crippen LogP contribution in [0.3, 0.4) is 0 Å². The second kappa shape index (κ2) is 8.22. The number of rotatable bonds is 6. The highest BCUT2D eigenvalue weighted by molar-refractivity contribution is 5.29. The lowest BCUT2D eigenvalue weighted by Gasteiger charge is -2.31. The van der Waals surface area contributed by atoms with Gasteiger partial charge in [0.15, 0.2) is 0 Å². The largest absolute Gasteiger partial charge is 0.381 e. The normalized spacial score (nSPS) is 18.1. The van der Waals surface area contributed by atoms with E-state index in [1.165, 1.54) is 0 Å². The van der Waals surface area contributed by atoms with Gasteiger partial charge in [-0.3, -0.25) is 0 Å². The molecule has 0 radical (unpaired) electrons. The van der Waals surface area contributed by atoms with E-state index < -0.39 is 0 Å². The first-order valence-corrected chi connectivity index (χ1v) is 8.56. The van der Waals surface area contributed by atoms with Gasteiger partial charge in [-0.2, -0.15) is 0 Å². The highest BCUT2D eigenvalue weighted by atomic mass is 16.5. The Morgan fingerprint density at radius 1 is 1.17 bits per heavy atom. The van der Waals surface area contributed by atoms with Gasteiger partial charge in [-0.05, 0) is 38.3 Å². The molecule has 1 aliphatic rings. The van der Waals surface area contributed by atoms with Crippen LogP contribution >= 0.6 is 0 Å². The van der Waals surface area contributed by atoms with E-state index in [2.05, 4.69) is 34.3 Å². The van der Waals surface area contributed by atoms with Gasteiger partial charge in [0.2, 0.25) is 5.95 Å². The number of benzene rings is 1. The summed E-state index contributed by atoms with van der Waals surface area (Å²) in [6, 6.07) is 12.3. The quantitative estimate of drug-likeness (QED) is 0.880. The summed E-state index contributed by atoms with van der Waals surface area (Å²) in [5, 5.41) is 3.39. The van der Waals surface area contributed by atoms with Crippen LogP contribution in [0.15, 0.2) is 42.6 Å². The molecule has 5 heteroatoms. The molecule has 0 amide bonds. The fourth-order valence-corrected chi connectivity index (χ4v) is 2.94. The van der Waals surface area contributed by atoms with Gasteiger partial charge in [0, 0.05) is 25.1 Å². The van der Waals surface area contributed by atoms with Crippen LogP contribution in [0.25, 0.3) is 0 Å². The fraction of sp³-hybridized carbons (Fsp3) is 0.474. The second-order valence-corrected chi connectivity index (χ2v) is 6.23. The maximum absolute atomic E-state index is 6.44. The first-order chi connectivity index (χ1) is 11.7. The maximum atomic E-state index is 6.44. The van der Waals surface area contributed by atoms with Gasteiger partial charge in [0.25, 0.3) is 0 Å². The minimum absolute atomic E-state index is 0.0528. The van der Waals surface area contributed by atoms with E-state index in [9.17, 15) is 0 Å². The molecular weight excluding hydrogens is 302 g/mol. The molecule has 1 aliphatic heterocycles. The number of nitrogens with zero attached hydrogens (tertiary/aromatic N) is 2. The van der Waals surface area contributed by atoms with Crippen LogP contribution in [0, 0.1) is 6.92 Å². The lowest BCUT2D eigenvalue weighted by atomic mass is 10.0. The van der Waals surface area contributed by atoms with Crippen molar-refractivity contribution in [3.8, 4) is 0 Å². The van der Waals surface area contributed by atoms with Gasteiger partial charge in [-0.1, -0.05) is 30.3 Å². The van der Waals surface area contributed by atoms with Crippen molar-refractivity contribution in [1.29, 1.82) is 0 Å². The Morgan fingerprint density at radius 3 is 2.62 bits per heavy atom. The summed E-state index contributed by atoms with van der Waals surface area (Å²) in [6.07, 6.45) is 3.83. The molecular formula is C19H25N3O2. The molecule has 0 bridgehead atoms. The third kappa shape index (κ3) is 4.52. The van der Waals surface area contributed by atoms with E-state index in [0.29, 0.717) is 5.95 Å². The molecule has 2 heterocycles. The molecule has 1 saturated heterocycles. The first kappa shape index (κ1) is 16.9. The highest BCUT2D eigenvalue weighted by Gasteiger charge is 2.26. The van der Waals surface area contributed by atoms with Gasteiger partial charge in [-0.25, -0.2) is 9.97 Å². The maximum Gasteiger partial charge on any atom is 0.223 e. The summed E-state index contributed by atoms with van der Waals surface area (Å²) >= 11 is 0. The Morgan fingerprint density at radius 2 is 1.92 bits per heavy atom. The van der Waals surface area contributed by atoms with Crippen molar-refractivity contribution >= 4 is 5.95 Å². The van der Waals surface area contributed by atoms with E-state index >= 15 is 0 Å². The molecule has 0 saturated carbocycles. The molecule has 2 aromatic rings. The van der Waals surface area contributed by atoms with Crippen LogP contribution in [0.5, 0.6) is 0 Å². The third-order valence-corrected chi connectivity index (χ3v) is 4.24. The van der Waals surface area contributed by atoms with Crippen LogP contribution in [-0.2, 0) is 9.47 Å². The number of nitrogens with one attached hydrogen (secondary N) is 1. The number of ether oxygens (including phenoxy) is 2. The molecule has 1 aromatic heterocycles. The predicted molar refractivity (Wildman–Crippen MR) is 94.0 cm³/mol. The molecule has 24 heavy (non-hydrogen) atoms. The monoisotopic (exact) mass is 327 g/mol. The summed E-state index contributed by atoms with van der Waals surface area (Å²) in [7, 11) is 0. The van der Waals surface area contributed by atoms with Crippen molar-refractivity contribution in [2.75, 3.05) is 18.5 Å². The molecule has 2 atom stereocenters. The van der Waals surface area contributed by atoms with Crippen molar-refractivity contribution < 1.29 is 9.47 Å². The van der Waals surface area contributed by atoms with E-state index in [4.69, 9.17) is 9.47 Å². The molecule has 5 nitrogen and oxygen atoms in total. The molecule has 1 fully saturated rings. The lowest BCUT2D eigenvalue weighted by molar-refractivity contribution is -0.0739. The van der Waals surface area contributed by atoms with Crippen molar-refractivity contribution in [1.82, 2.24) is 9.97 Å². The van der Waals surface area contributed by atoms with Crippen molar-refractivity contribution in [3.63, 3.8) is 0 Å². The highest BCUT2D eigenvalue weighted by Crippen LogP contribution is 2.27. The van der Waals surface area contributed by atoms with Crippen molar-refractivity contribution in [3.05, 3.63) is 53.9 Å². The molecule has 0 spiro atoms. The lowest BCUT2D eigenvalue weighted by Crippen LogP contribution is -2.33. The number of hydrogen-bond donors (Lipinski definition) is 1. The van der Waals surface area contributed by atoms with Crippen LogP contribution in [-0.4, -0.2) is 35.3 Å². The Kier molecular flexibility index (Phi) is 5.77. The van der Waals surface area contributed by atoms with Gasteiger partial charge in [-0.15, -0.1) is 0 Å². The third-order valence-electron chi connectivity index (χ3n) is 4.24. The second-order valence-electron chi connectivity index (χ2n) is 6.23. The molecule has 2 unspecified atom stereocenters. The van der Waals surface area contributed by atoms with Crippen molar-refractivity contribution in [2.24, 2.45) is 0 Å².